The van der Waals surface area contributed by atoms with Crippen molar-refractivity contribution in [1.29, 1.82) is 0 Å². The fourth-order valence-electron chi connectivity index (χ4n) is 2.00. The third-order valence-corrected chi connectivity index (χ3v) is 3.53. The van der Waals surface area contributed by atoms with Gasteiger partial charge in [0.15, 0.2) is 0 Å². The van der Waals surface area contributed by atoms with Gasteiger partial charge in [0.1, 0.15) is 12.2 Å². The lowest BCUT2D eigenvalue weighted by molar-refractivity contribution is -0.132. The van der Waals surface area contributed by atoms with Gasteiger partial charge in [0.25, 0.3) is 0 Å². The van der Waals surface area contributed by atoms with Crippen molar-refractivity contribution in [3.63, 3.8) is 0 Å². The number of rotatable bonds is 6. The number of aromatic nitrogens is 3. The summed E-state index contributed by atoms with van der Waals surface area (Å²) in [5.74, 6) is 0.735. The Hall–Kier alpha value is -2.21. The first-order chi connectivity index (χ1) is 10.1. The van der Waals surface area contributed by atoms with Gasteiger partial charge in [-0.15, -0.1) is 10.2 Å². The van der Waals surface area contributed by atoms with Crippen LogP contribution in [-0.4, -0.2) is 50.4 Å². The van der Waals surface area contributed by atoms with Gasteiger partial charge in [-0.1, -0.05) is 18.2 Å². The van der Waals surface area contributed by atoms with Crippen LogP contribution < -0.4 is 0 Å². The van der Waals surface area contributed by atoms with Crippen molar-refractivity contribution in [2.45, 2.75) is 25.8 Å². The molecule has 0 aliphatic heterocycles. The smallest absolute Gasteiger partial charge is 0.223 e. The van der Waals surface area contributed by atoms with Gasteiger partial charge in [-0.05, 0) is 19.1 Å². The van der Waals surface area contributed by atoms with Crippen molar-refractivity contribution in [2.24, 2.45) is 0 Å². The quantitative estimate of drug-likeness (QED) is 0.862. The van der Waals surface area contributed by atoms with Gasteiger partial charge in [0, 0.05) is 25.6 Å². The number of aryl methyl sites for hydroxylation is 1. The lowest BCUT2D eigenvalue weighted by Crippen LogP contribution is -2.37. The highest BCUT2D eigenvalue weighted by molar-refractivity contribution is 5.76. The Balaban J connectivity index is 2.02. The zero-order valence-corrected chi connectivity index (χ0v) is 12.3. The van der Waals surface area contributed by atoms with E-state index < -0.39 is 0 Å². The van der Waals surface area contributed by atoms with E-state index in [0.717, 1.165) is 11.5 Å². The summed E-state index contributed by atoms with van der Waals surface area (Å²) in [5.41, 5.74) is 0.974. The van der Waals surface area contributed by atoms with Crippen molar-refractivity contribution in [2.75, 3.05) is 13.7 Å². The average molecular weight is 288 g/mol. The average Bonchev–Trinajstić information content (AvgIpc) is 3.00. The topological polar surface area (TPSA) is 71.2 Å². The zero-order chi connectivity index (χ0) is 15.2. The summed E-state index contributed by atoms with van der Waals surface area (Å²) >= 11 is 0. The molecular formula is C15H20N4O2. The van der Waals surface area contributed by atoms with Crippen LogP contribution in [0.4, 0.5) is 0 Å². The maximum atomic E-state index is 12.0. The summed E-state index contributed by atoms with van der Waals surface area (Å²) in [5, 5.41) is 17.1. The van der Waals surface area contributed by atoms with E-state index >= 15 is 0 Å². The summed E-state index contributed by atoms with van der Waals surface area (Å²) in [6.07, 6.45) is 2.50. The number of amides is 1. The molecule has 1 heterocycles. The molecule has 1 aromatic carbocycles. The fourth-order valence-corrected chi connectivity index (χ4v) is 2.00. The minimum Gasteiger partial charge on any atom is -0.394 e. The molecule has 1 atom stereocenters. The van der Waals surface area contributed by atoms with Gasteiger partial charge in [0.05, 0.1) is 12.6 Å². The van der Waals surface area contributed by atoms with Gasteiger partial charge in [0.2, 0.25) is 5.91 Å². The Bertz CT molecular complexity index is 582. The maximum absolute atomic E-state index is 12.0. The number of benzene rings is 1. The summed E-state index contributed by atoms with van der Waals surface area (Å²) in [7, 11) is 1.70. The van der Waals surface area contributed by atoms with Crippen molar-refractivity contribution in [1.82, 2.24) is 19.7 Å². The third-order valence-electron chi connectivity index (χ3n) is 3.53. The Morgan fingerprint density at radius 2 is 2.10 bits per heavy atom. The molecule has 2 rings (SSSR count). The first-order valence-electron chi connectivity index (χ1n) is 6.94. The van der Waals surface area contributed by atoms with Crippen molar-refractivity contribution in [3.05, 3.63) is 42.5 Å². The number of hydrogen-bond acceptors (Lipinski definition) is 4. The summed E-state index contributed by atoms with van der Waals surface area (Å²) in [4.78, 5) is 13.6. The molecule has 0 radical (unpaired) electrons. The molecule has 112 valence electrons. The number of aliphatic hydroxyl groups is 1. The van der Waals surface area contributed by atoms with Crippen LogP contribution in [0.2, 0.25) is 0 Å². The van der Waals surface area contributed by atoms with E-state index in [4.69, 9.17) is 5.11 Å². The van der Waals surface area contributed by atoms with Crippen LogP contribution in [0.15, 0.2) is 36.7 Å². The van der Waals surface area contributed by atoms with Crippen LogP contribution in [0.25, 0.3) is 5.69 Å². The van der Waals surface area contributed by atoms with Gasteiger partial charge in [-0.3, -0.25) is 9.36 Å². The van der Waals surface area contributed by atoms with E-state index in [9.17, 15) is 4.79 Å². The monoisotopic (exact) mass is 288 g/mol. The van der Waals surface area contributed by atoms with E-state index in [-0.39, 0.29) is 18.6 Å². The van der Waals surface area contributed by atoms with Crippen LogP contribution in [0, 0.1) is 0 Å². The molecule has 21 heavy (non-hydrogen) atoms. The molecule has 0 bridgehead atoms. The summed E-state index contributed by atoms with van der Waals surface area (Å²) in [6.45, 7) is 1.77. The Morgan fingerprint density at radius 3 is 2.76 bits per heavy atom. The molecule has 0 saturated heterocycles. The van der Waals surface area contributed by atoms with E-state index in [0.29, 0.717) is 12.8 Å². The fraction of sp³-hybridized carbons (Fsp3) is 0.400. The maximum Gasteiger partial charge on any atom is 0.223 e. The number of aliphatic hydroxyl groups excluding tert-OH is 1. The predicted molar refractivity (Wildman–Crippen MR) is 79.0 cm³/mol. The first kappa shape index (κ1) is 15.2. The van der Waals surface area contributed by atoms with E-state index in [1.165, 1.54) is 0 Å². The molecule has 0 aliphatic carbocycles. The molecule has 0 fully saturated rings. The highest BCUT2D eigenvalue weighted by atomic mass is 16.3. The van der Waals surface area contributed by atoms with Crippen LogP contribution >= 0.6 is 0 Å². The molecular weight excluding hydrogens is 268 g/mol. The number of para-hydroxylation sites is 1. The SMILES string of the molecule is CC(CO)N(C)C(=O)CCc1nncn1-c1ccccc1. The molecule has 6 heteroatoms. The van der Waals surface area contributed by atoms with Crippen LogP contribution in [0.5, 0.6) is 0 Å². The summed E-state index contributed by atoms with van der Waals surface area (Å²) < 4.78 is 1.88. The molecule has 0 aliphatic rings. The predicted octanol–water partition coefficient (Wildman–Crippen LogP) is 1.04. The third kappa shape index (κ3) is 3.66. The minimum atomic E-state index is -0.176. The molecule has 1 unspecified atom stereocenters. The lowest BCUT2D eigenvalue weighted by Gasteiger charge is -2.23. The Labute approximate surface area is 124 Å². The number of hydrogen-bond donors (Lipinski definition) is 1. The van der Waals surface area contributed by atoms with Crippen molar-refractivity contribution in [3.8, 4) is 5.69 Å². The van der Waals surface area contributed by atoms with Crippen molar-refractivity contribution < 1.29 is 9.90 Å². The molecule has 0 spiro atoms. The highest BCUT2D eigenvalue weighted by Crippen LogP contribution is 2.11. The number of likely N-dealkylation sites (N-methyl/N-ethyl adjacent to an activating group) is 1. The lowest BCUT2D eigenvalue weighted by atomic mass is 10.2. The number of nitrogens with zero attached hydrogens (tertiary/aromatic N) is 4. The number of carbonyl (C=O) groups excluding carboxylic acids is 1. The van der Waals surface area contributed by atoms with Crippen LogP contribution in [0.1, 0.15) is 19.2 Å². The van der Waals surface area contributed by atoms with Crippen molar-refractivity contribution >= 4 is 5.91 Å². The molecule has 1 N–H and O–H groups in total. The largest absolute Gasteiger partial charge is 0.394 e. The second kappa shape index (κ2) is 6.99. The second-order valence-electron chi connectivity index (χ2n) is 4.99. The van der Waals surface area contributed by atoms with Gasteiger partial charge >= 0.3 is 0 Å². The molecule has 0 saturated carbocycles. The van der Waals surface area contributed by atoms with E-state index in [2.05, 4.69) is 10.2 Å². The normalized spacial score (nSPS) is 12.1. The van der Waals surface area contributed by atoms with Gasteiger partial charge < -0.3 is 10.0 Å². The van der Waals surface area contributed by atoms with E-state index in [1.807, 2.05) is 41.8 Å². The number of carbonyl (C=O) groups is 1. The van der Waals surface area contributed by atoms with E-state index in [1.54, 1.807) is 18.3 Å². The first-order valence-corrected chi connectivity index (χ1v) is 6.94. The molecule has 1 aromatic heterocycles. The van der Waals surface area contributed by atoms with Crippen LogP contribution in [0.3, 0.4) is 0 Å². The van der Waals surface area contributed by atoms with Gasteiger partial charge in [-0.2, -0.15) is 0 Å². The molecule has 2 aromatic rings. The Morgan fingerprint density at radius 1 is 1.38 bits per heavy atom. The van der Waals surface area contributed by atoms with Crippen LogP contribution in [-0.2, 0) is 11.2 Å². The minimum absolute atomic E-state index is 0.0147. The standard InChI is InChI=1S/C15H20N4O2/c1-12(10-20)18(2)15(21)9-8-14-17-16-11-19(14)13-6-4-3-5-7-13/h3-7,11-12,20H,8-10H2,1-2H3. The molecule has 1 amide bonds. The second-order valence-corrected chi connectivity index (χ2v) is 4.99. The molecule has 6 nitrogen and oxygen atoms in total. The summed E-state index contributed by atoms with van der Waals surface area (Å²) in [6, 6.07) is 9.59. The Kier molecular flexibility index (Phi) is 5.05. The highest BCUT2D eigenvalue weighted by Gasteiger charge is 2.16. The zero-order valence-electron chi connectivity index (χ0n) is 12.3. The van der Waals surface area contributed by atoms with Gasteiger partial charge in [-0.25, -0.2) is 0 Å².